The van der Waals surface area contributed by atoms with Gasteiger partial charge in [-0.1, -0.05) is 17.7 Å². The van der Waals surface area contributed by atoms with E-state index in [9.17, 15) is 4.39 Å². The van der Waals surface area contributed by atoms with E-state index in [1.165, 1.54) is 23.9 Å². The van der Waals surface area contributed by atoms with Gasteiger partial charge in [0.25, 0.3) is 0 Å². The fraction of sp³-hybridized carbons (Fsp3) is 0.154. The van der Waals surface area contributed by atoms with Crippen molar-refractivity contribution in [1.82, 2.24) is 4.98 Å². The Morgan fingerprint density at radius 1 is 1.33 bits per heavy atom. The van der Waals surface area contributed by atoms with Crippen LogP contribution in [0.2, 0.25) is 5.02 Å². The average Bonchev–Trinajstić information content (AvgIpc) is 2.38. The van der Waals surface area contributed by atoms with Crippen LogP contribution in [0, 0.1) is 5.82 Å². The Balaban J connectivity index is 2.10. The number of aromatic nitrogens is 1. The van der Waals surface area contributed by atoms with Crippen LogP contribution in [0.15, 0.2) is 41.3 Å². The van der Waals surface area contributed by atoms with Gasteiger partial charge in [-0.15, -0.1) is 11.8 Å². The van der Waals surface area contributed by atoms with Gasteiger partial charge >= 0.3 is 0 Å². The zero-order valence-electron chi connectivity index (χ0n) is 9.78. The van der Waals surface area contributed by atoms with E-state index in [4.69, 9.17) is 11.6 Å². The molecule has 0 aliphatic carbocycles. The van der Waals surface area contributed by atoms with E-state index in [-0.39, 0.29) is 5.82 Å². The molecule has 94 valence electrons. The third kappa shape index (κ3) is 3.37. The van der Waals surface area contributed by atoms with Gasteiger partial charge in [0.05, 0.1) is 10.7 Å². The molecule has 1 heterocycles. The van der Waals surface area contributed by atoms with Crippen molar-refractivity contribution < 1.29 is 4.39 Å². The molecule has 0 fully saturated rings. The van der Waals surface area contributed by atoms with Crippen molar-refractivity contribution in [2.24, 2.45) is 0 Å². The van der Waals surface area contributed by atoms with Crippen LogP contribution in [0.4, 0.5) is 10.2 Å². The fourth-order valence-electron chi connectivity index (χ4n) is 1.43. The minimum absolute atomic E-state index is 0.233. The first-order valence-corrected chi connectivity index (χ1v) is 6.77. The largest absolute Gasteiger partial charge is 0.373 e. The second-order valence-electron chi connectivity index (χ2n) is 3.62. The SMILES string of the molecule is CNc1ccc(Cl)c(CSc2cccc(F)c2)n1. The van der Waals surface area contributed by atoms with Gasteiger partial charge in [-0.2, -0.15) is 0 Å². The summed E-state index contributed by atoms with van der Waals surface area (Å²) in [7, 11) is 1.81. The Bertz CT molecular complexity index is 548. The van der Waals surface area contributed by atoms with E-state index in [2.05, 4.69) is 10.3 Å². The van der Waals surface area contributed by atoms with Gasteiger partial charge in [0.1, 0.15) is 11.6 Å². The molecule has 0 saturated carbocycles. The molecule has 1 aromatic heterocycles. The summed E-state index contributed by atoms with van der Waals surface area (Å²) in [6.45, 7) is 0. The lowest BCUT2D eigenvalue weighted by molar-refractivity contribution is 0.624. The molecule has 1 aromatic carbocycles. The van der Waals surface area contributed by atoms with E-state index in [1.807, 2.05) is 18.2 Å². The molecule has 1 N–H and O–H groups in total. The van der Waals surface area contributed by atoms with Crippen molar-refractivity contribution in [3.8, 4) is 0 Å². The van der Waals surface area contributed by atoms with Crippen molar-refractivity contribution in [3.05, 3.63) is 52.9 Å². The van der Waals surface area contributed by atoms with Crippen LogP contribution in [0.1, 0.15) is 5.69 Å². The molecule has 2 rings (SSSR count). The highest BCUT2D eigenvalue weighted by molar-refractivity contribution is 7.98. The summed E-state index contributed by atoms with van der Waals surface area (Å²) in [4.78, 5) is 5.23. The molecular formula is C13H12ClFN2S. The molecule has 0 bridgehead atoms. The van der Waals surface area contributed by atoms with Gasteiger partial charge in [0, 0.05) is 17.7 Å². The Morgan fingerprint density at radius 2 is 2.17 bits per heavy atom. The number of hydrogen-bond donors (Lipinski definition) is 1. The lowest BCUT2D eigenvalue weighted by atomic mass is 10.3. The number of rotatable bonds is 4. The summed E-state index contributed by atoms with van der Waals surface area (Å²) in [5, 5.41) is 3.59. The number of nitrogens with one attached hydrogen (secondary N) is 1. The third-order valence-corrected chi connectivity index (χ3v) is 3.70. The number of thioether (sulfide) groups is 1. The second-order valence-corrected chi connectivity index (χ2v) is 5.08. The van der Waals surface area contributed by atoms with Crippen LogP contribution in [-0.4, -0.2) is 12.0 Å². The summed E-state index contributed by atoms with van der Waals surface area (Å²) < 4.78 is 13.0. The topological polar surface area (TPSA) is 24.9 Å². The first-order chi connectivity index (χ1) is 8.69. The molecule has 0 atom stereocenters. The van der Waals surface area contributed by atoms with Crippen LogP contribution in [0.5, 0.6) is 0 Å². The summed E-state index contributed by atoms with van der Waals surface area (Å²) >= 11 is 7.58. The third-order valence-electron chi connectivity index (χ3n) is 2.35. The van der Waals surface area contributed by atoms with Gasteiger partial charge < -0.3 is 5.32 Å². The zero-order chi connectivity index (χ0) is 13.0. The summed E-state index contributed by atoms with van der Waals surface area (Å²) in [6.07, 6.45) is 0. The number of anilines is 1. The Hall–Kier alpha value is -1.26. The quantitative estimate of drug-likeness (QED) is 0.851. The van der Waals surface area contributed by atoms with Gasteiger partial charge in [-0.3, -0.25) is 0 Å². The molecule has 2 aromatic rings. The van der Waals surface area contributed by atoms with E-state index in [0.717, 1.165) is 16.4 Å². The first-order valence-electron chi connectivity index (χ1n) is 5.40. The van der Waals surface area contributed by atoms with Crippen molar-refractivity contribution in [3.63, 3.8) is 0 Å². The van der Waals surface area contributed by atoms with Crippen LogP contribution < -0.4 is 5.32 Å². The smallest absolute Gasteiger partial charge is 0.126 e. The Labute approximate surface area is 115 Å². The molecule has 0 amide bonds. The maximum atomic E-state index is 13.0. The summed E-state index contributed by atoms with van der Waals surface area (Å²) in [6, 6.07) is 10.1. The van der Waals surface area contributed by atoms with Crippen LogP contribution in [0.25, 0.3) is 0 Å². The predicted octanol–water partition coefficient (Wildman–Crippen LogP) is 4.21. The molecule has 2 nitrogen and oxygen atoms in total. The van der Waals surface area contributed by atoms with Crippen molar-refractivity contribution in [2.45, 2.75) is 10.6 Å². The lowest BCUT2D eigenvalue weighted by Gasteiger charge is -2.06. The normalized spacial score (nSPS) is 10.4. The van der Waals surface area contributed by atoms with Gasteiger partial charge in [-0.05, 0) is 30.3 Å². The van der Waals surface area contributed by atoms with E-state index in [1.54, 1.807) is 13.1 Å². The number of benzene rings is 1. The summed E-state index contributed by atoms with van der Waals surface area (Å²) in [5.74, 6) is 1.15. The van der Waals surface area contributed by atoms with E-state index >= 15 is 0 Å². The van der Waals surface area contributed by atoms with Crippen LogP contribution in [0.3, 0.4) is 0 Å². The highest BCUT2D eigenvalue weighted by Crippen LogP contribution is 2.26. The van der Waals surface area contributed by atoms with Crippen molar-refractivity contribution in [2.75, 3.05) is 12.4 Å². The monoisotopic (exact) mass is 282 g/mol. The van der Waals surface area contributed by atoms with Gasteiger partial charge in [0.2, 0.25) is 0 Å². The second kappa shape index (κ2) is 6.07. The number of hydrogen-bond acceptors (Lipinski definition) is 3. The molecule has 0 unspecified atom stereocenters. The molecule has 0 aliphatic rings. The number of pyridine rings is 1. The highest BCUT2D eigenvalue weighted by Gasteiger charge is 2.05. The number of nitrogens with zero attached hydrogens (tertiary/aromatic N) is 1. The Kier molecular flexibility index (Phi) is 4.44. The van der Waals surface area contributed by atoms with Crippen molar-refractivity contribution in [1.29, 1.82) is 0 Å². The molecule has 5 heteroatoms. The number of halogens is 2. The molecule has 0 radical (unpaired) electrons. The minimum atomic E-state index is -0.233. The standard InChI is InChI=1S/C13H12ClFN2S/c1-16-13-6-5-11(14)12(17-13)8-18-10-4-2-3-9(15)7-10/h2-7H,8H2,1H3,(H,16,17). The maximum Gasteiger partial charge on any atom is 0.126 e. The molecule has 0 saturated heterocycles. The molecular weight excluding hydrogens is 271 g/mol. The van der Waals surface area contributed by atoms with E-state index < -0.39 is 0 Å². The minimum Gasteiger partial charge on any atom is -0.373 e. The van der Waals surface area contributed by atoms with Crippen molar-refractivity contribution >= 4 is 29.2 Å². The Morgan fingerprint density at radius 3 is 2.89 bits per heavy atom. The average molecular weight is 283 g/mol. The van der Waals surface area contributed by atoms with Crippen LogP contribution >= 0.6 is 23.4 Å². The van der Waals surface area contributed by atoms with Crippen LogP contribution in [-0.2, 0) is 5.75 Å². The molecule has 0 spiro atoms. The fourth-order valence-corrected chi connectivity index (χ4v) is 2.58. The molecule has 0 aliphatic heterocycles. The lowest BCUT2D eigenvalue weighted by Crippen LogP contribution is -1.96. The zero-order valence-corrected chi connectivity index (χ0v) is 11.4. The highest BCUT2D eigenvalue weighted by atomic mass is 35.5. The summed E-state index contributed by atoms with van der Waals surface area (Å²) in [5.41, 5.74) is 0.790. The van der Waals surface area contributed by atoms with E-state index in [0.29, 0.717) is 10.8 Å². The first kappa shape index (κ1) is 13.2. The predicted molar refractivity (Wildman–Crippen MR) is 74.8 cm³/mol. The van der Waals surface area contributed by atoms with Gasteiger partial charge in [0.15, 0.2) is 0 Å². The molecule has 18 heavy (non-hydrogen) atoms. The maximum absolute atomic E-state index is 13.0. The van der Waals surface area contributed by atoms with Gasteiger partial charge in [-0.25, -0.2) is 9.37 Å².